The fourth-order valence-electron chi connectivity index (χ4n) is 12.0. The Bertz CT molecular complexity index is 1870. The van der Waals surface area contributed by atoms with Crippen molar-refractivity contribution < 1.29 is 80.2 Å². The van der Waals surface area contributed by atoms with Gasteiger partial charge in [-0.05, 0) is 37.5 Å². The van der Waals surface area contributed by atoms with Crippen LogP contribution in [0.5, 0.6) is 0 Å². The van der Waals surface area contributed by atoms with Gasteiger partial charge in [0.05, 0.1) is 26.4 Å². The molecule has 0 rings (SSSR count). The number of hydrogen-bond donors (Lipinski definition) is 3. The van der Waals surface area contributed by atoms with Crippen molar-refractivity contribution >= 4 is 39.5 Å². The van der Waals surface area contributed by atoms with E-state index >= 15 is 0 Å². The van der Waals surface area contributed by atoms with Gasteiger partial charge in [-0.15, -0.1) is 0 Å². The summed E-state index contributed by atoms with van der Waals surface area (Å²) in [7, 11) is -9.91. The molecule has 0 aliphatic carbocycles. The van der Waals surface area contributed by atoms with E-state index < -0.39 is 97.5 Å². The van der Waals surface area contributed by atoms with Gasteiger partial charge < -0.3 is 33.8 Å². The van der Waals surface area contributed by atoms with Gasteiger partial charge in [0.25, 0.3) is 0 Å². The molecule has 5 atom stereocenters. The minimum atomic E-state index is -4.96. The lowest BCUT2D eigenvalue weighted by Crippen LogP contribution is -2.30. The number of ether oxygens (including phenoxy) is 4. The zero-order valence-electron chi connectivity index (χ0n) is 63.4. The number of hydrogen-bond acceptors (Lipinski definition) is 15. The smallest absolute Gasteiger partial charge is 0.462 e. The average Bonchev–Trinajstić information content (AvgIpc) is 0.993. The van der Waals surface area contributed by atoms with Crippen molar-refractivity contribution in [2.75, 3.05) is 39.6 Å². The van der Waals surface area contributed by atoms with Gasteiger partial charge in [-0.2, -0.15) is 0 Å². The molecule has 576 valence electrons. The third-order valence-electron chi connectivity index (χ3n) is 18.2. The summed E-state index contributed by atoms with van der Waals surface area (Å²) in [5.74, 6) is -0.567. The molecular formula is C78H152O17P2. The number of carbonyl (C=O) groups excluding carboxylic acids is 4. The van der Waals surface area contributed by atoms with Gasteiger partial charge in [0.1, 0.15) is 19.3 Å². The molecule has 19 heteroatoms. The highest BCUT2D eigenvalue weighted by Crippen LogP contribution is 2.45. The average molecular weight is 1420 g/mol. The topological polar surface area (TPSA) is 237 Å². The molecule has 0 heterocycles. The number of aliphatic hydroxyl groups is 1. The van der Waals surface area contributed by atoms with E-state index in [1.807, 2.05) is 0 Å². The largest absolute Gasteiger partial charge is 0.472 e. The third kappa shape index (κ3) is 72.2. The highest BCUT2D eigenvalue weighted by Gasteiger charge is 2.30. The maximum Gasteiger partial charge on any atom is 0.472 e. The summed E-state index contributed by atoms with van der Waals surface area (Å²) >= 11 is 0. The number of esters is 4. The maximum absolute atomic E-state index is 13.1. The Morgan fingerprint density at radius 1 is 0.278 bits per heavy atom. The summed E-state index contributed by atoms with van der Waals surface area (Å²) in [4.78, 5) is 72.9. The van der Waals surface area contributed by atoms with Crippen LogP contribution in [0.25, 0.3) is 0 Å². The standard InChI is InChI=1S/C78H152O17P2/c1-7-9-11-13-15-17-19-20-21-25-28-31-37-43-49-55-61-76(81)89-67-73(94-77(82)62-56-50-44-38-32-29-26-23-22-24-27-30-34-40-46-52-58-70(3)4)68-92-96(84,85)90-64-72(79)65-91-97(86,87)93-69-74(66-88-75(80)60-54-48-42-36-18-16-14-12-10-8-2)95-78(83)63-57-51-45-39-33-35-41-47-53-59-71(5)6/h70-74,79H,7-69H2,1-6H3,(H,84,85)(H,86,87)/t72-,73-,74-/m1/s1. The molecule has 0 bridgehead atoms. The lowest BCUT2D eigenvalue weighted by Gasteiger charge is -2.21. The van der Waals surface area contributed by atoms with Gasteiger partial charge in [0, 0.05) is 25.7 Å². The summed E-state index contributed by atoms with van der Waals surface area (Å²) in [5, 5.41) is 10.6. The molecule has 0 saturated carbocycles. The third-order valence-corrected chi connectivity index (χ3v) is 20.1. The Labute approximate surface area is 594 Å². The van der Waals surface area contributed by atoms with E-state index in [0.29, 0.717) is 25.7 Å². The lowest BCUT2D eigenvalue weighted by molar-refractivity contribution is -0.161. The molecule has 0 radical (unpaired) electrons. The zero-order chi connectivity index (χ0) is 71.4. The monoisotopic (exact) mass is 1420 g/mol. The normalized spacial score (nSPS) is 14.0. The van der Waals surface area contributed by atoms with Gasteiger partial charge >= 0.3 is 39.5 Å². The molecule has 0 aliphatic heterocycles. The number of rotatable bonds is 77. The predicted molar refractivity (Wildman–Crippen MR) is 395 cm³/mol. The van der Waals surface area contributed by atoms with Crippen molar-refractivity contribution in [1.82, 2.24) is 0 Å². The van der Waals surface area contributed by atoms with Gasteiger partial charge in [0.15, 0.2) is 12.2 Å². The van der Waals surface area contributed by atoms with Crippen molar-refractivity contribution in [3.8, 4) is 0 Å². The number of carbonyl (C=O) groups is 4. The Kier molecular flexibility index (Phi) is 68.4. The number of phosphoric acid groups is 2. The quantitative estimate of drug-likeness (QED) is 0.0222. The van der Waals surface area contributed by atoms with Crippen LogP contribution in [-0.2, 0) is 65.4 Å². The molecule has 0 saturated heterocycles. The molecule has 0 amide bonds. The SMILES string of the molecule is CCCCCCCCCCCCCCCCCCC(=O)OC[C@H](COP(=O)(O)OC[C@@H](O)COP(=O)(O)OC[C@@H](COC(=O)CCCCCCCCCCCC)OC(=O)CCCCCCCCCCCC(C)C)OC(=O)CCCCCCCCCCCCCCCCCCC(C)C. The van der Waals surface area contributed by atoms with Crippen molar-refractivity contribution in [2.24, 2.45) is 11.8 Å². The first kappa shape index (κ1) is 95.1. The van der Waals surface area contributed by atoms with Gasteiger partial charge in [-0.25, -0.2) is 9.13 Å². The van der Waals surface area contributed by atoms with Gasteiger partial charge in [-0.1, -0.05) is 356 Å². The van der Waals surface area contributed by atoms with E-state index in [2.05, 4.69) is 41.5 Å². The van der Waals surface area contributed by atoms with Gasteiger partial charge in [0.2, 0.25) is 0 Å². The summed E-state index contributed by atoms with van der Waals surface area (Å²) in [6, 6.07) is 0. The summed E-state index contributed by atoms with van der Waals surface area (Å²) < 4.78 is 68.6. The van der Waals surface area contributed by atoms with Crippen LogP contribution in [0.2, 0.25) is 0 Å². The Morgan fingerprint density at radius 3 is 0.701 bits per heavy atom. The Hall–Kier alpha value is -1.94. The second-order valence-corrected chi connectivity index (χ2v) is 32.0. The molecule has 0 aromatic rings. The second-order valence-electron chi connectivity index (χ2n) is 29.1. The molecule has 0 aliphatic rings. The van der Waals surface area contributed by atoms with Crippen molar-refractivity contribution in [3.63, 3.8) is 0 Å². The number of aliphatic hydroxyl groups excluding tert-OH is 1. The van der Waals surface area contributed by atoms with Crippen LogP contribution in [0.3, 0.4) is 0 Å². The molecule has 0 aromatic carbocycles. The zero-order valence-corrected chi connectivity index (χ0v) is 65.2. The second kappa shape index (κ2) is 69.8. The predicted octanol–water partition coefficient (Wildman–Crippen LogP) is 23.1. The van der Waals surface area contributed by atoms with E-state index in [4.69, 9.17) is 37.0 Å². The van der Waals surface area contributed by atoms with Crippen LogP contribution in [0.1, 0.15) is 408 Å². The highest BCUT2D eigenvalue weighted by atomic mass is 31.2. The van der Waals surface area contributed by atoms with Crippen molar-refractivity contribution in [3.05, 3.63) is 0 Å². The van der Waals surface area contributed by atoms with Crippen molar-refractivity contribution in [1.29, 1.82) is 0 Å². The fraction of sp³-hybridized carbons (Fsp3) is 0.949. The van der Waals surface area contributed by atoms with E-state index in [9.17, 15) is 43.2 Å². The fourth-order valence-corrected chi connectivity index (χ4v) is 13.6. The van der Waals surface area contributed by atoms with E-state index in [-0.39, 0.29) is 25.7 Å². The first-order valence-corrected chi connectivity index (χ1v) is 43.5. The molecule has 0 fully saturated rings. The summed E-state index contributed by atoms with van der Waals surface area (Å²) in [5.41, 5.74) is 0. The van der Waals surface area contributed by atoms with Crippen LogP contribution >= 0.6 is 15.6 Å². The maximum atomic E-state index is 13.1. The molecule has 2 unspecified atom stereocenters. The molecular weight excluding hydrogens is 1270 g/mol. The summed E-state index contributed by atoms with van der Waals surface area (Å²) in [6.45, 7) is 9.61. The molecule has 17 nitrogen and oxygen atoms in total. The lowest BCUT2D eigenvalue weighted by atomic mass is 10.0. The number of unbranched alkanes of at least 4 members (excludes halogenated alkanes) is 47. The van der Waals surface area contributed by atoms with Crippen LogP contribution in [0.4, 0.5) is 0 Å². The minimum Gasteiger partial charge on any atom is -0.462 e. The minimum absolute atomic E-state index is 0.106. The van der Waals surface area contributed by atoms with Crippen LogP contribution in [0, 0.1) is 11.8 Å². The Morgan fingerprint density at radius 2 is 0.474 bits per heavy atom. The molecule has 0 spiro atoms. The van der Waals surface area contributed by atoms with E-state index in [1.54, 1.807) is 0 Å². The first-order valence-electron chi connectivity index (χ1n) is 40.5. The van der Waals surface area contributed by atoms with Crippen LogP contribution in [0.15, 0.2) is 0 Å². The van der Waals surface area contributed by atoms with Crippen LogP contribution in [-0.4, -0.2) is 96.7 Å². The van der Waals surface area contributed by atoms with Crippen LogP contribution < -0.4 is 0 Å². The van der Waals surface area contributed by atoms with E-state index in [0.717, 1.165) is 102 Å². The highest BCUT2D eigenvalue weighted by molar-refractivity contribution is 7.47. The molecule has 97 heavy (non-hydrogen) atoms. The Balaban J connectivity index is 5.23. The molecule has 3 N–H and O–H groups in total. The van der Waals surface area contributed by atoms with Gasteiger partial charge in [-0.3, -0.25) is 37.3 Å². The molecule has 0 aromatic heterocycles. The first-order chi connectivity index (χ1) is 46.9. The van der Waals surface area contributed by atoms with Crippen molar-refractivity contribution in [2.45, 2.75) is 426 Å². The summed E-state index contributed by atoms with van der Waals surface area (Å²) in [6.07, 6.45) is 58.2. The van der Waals surface area contributed by atoms with E-state index in [1.165, 1.54) is 225 Å². The number of phosphoric ester groups is 2.